The van der Waals surface area contributed by atoms with Crippen LogP contribution in [0, 0.1) is 23.2 Å². The molecule has 5 rings (SSSR count). The van der Waals surface area contributed by atoms with Gasteiger partial charge in [-0.15, -0.1) is 0 Å². The quantitative estimate of drug-likeness (QED) is 0.651. The zero-order valence-corrected chi connectivity index (χ0v) is 11.7. The third-order valence-electron chi connectivity index (χ3n) is 5.51. The summed E-state index contributed by atoms with van der Waals surface area (Å²) in [4.78, 5) is 8.12. The van der Waals surface area contributed by atoms with E-state index in [2.05, 4.69) is 15.4 Å². The molecule has 0 aliphatic heterocycles. The first-order chi connectivity index (χ1) is 9.76. The first kappa shape index (κ1) is 12.4. The van der Waals surface area contributed by atoms with Gasteiger partial charge in [0.15, 0.2) is 11.6 Å². The summed E-state index contributed by atoms with van der Waals surface area (Å²) in [6.07, 6.45) is 11.6. The van der Waals surface area contributed by atoms with E-state index in [9.17, 15) is 0 Å². The minimum atomic E-state index is 0.399. The topological polar surface area (TPSA) is 73.1 Å². The highest BCUT2D eigenvalue weighted by Crippen LogP contribution is 2.60. The Hall–Kier alpha value is -1.36. The van der Waals surface area contributed by atoms with Crippen molar-refractivity contribution >= 4 is 5.82 Å². The minimum absolute atomic E-state index is 0.399. The lowest BCUT2D eigenvalue weighted by atomic mass is 9.50. The Labute approximate surface area is 119 Å². The Bertz CT molecular complexity index is 469. The molecule has 4 bridgehead atoms. The van der Waals surface area contributed by atoms with Crippen molar-refractivity contribution in [2.24, 2.45) is 29.0 Å². The molecule has 20 heavy (non-hydrogen) atoms. The second-order valence-corrected chi connectivity index (χ2v) is 7.09. The predicted molar refractivity (Wildman–Crippen MR) is 75.9 cm³/mol. The summed E-state index contributed by atoms with van der Waals surface area (Å²) in [6.45, 7) is 0.790. The number of aromatic nitrogens is 2. The van der Waals surface area contributed by atoms with E-state index in [1.807, 2.05) is 0 Å². The number of hydrogen-bond donors (Lipinski definition) is 2. The van der Waals surface area contributed by atoms with Crippen molar-refractivity contribution in [1.29, 1.82) is 0 Å². The van der Waals surface area contributed by atoms with Gasteiger partial charge in [-0.3, -0.25) is 0 Å². The van der Waals surface area contributed by atoms with Crippen LogP contribution >= 0.6 is 0 Å². The largest absolute Gasteiger partial charge is 0.487 e. The van der Waals surface area contributed by atoms with Gasteiger partial charge < -0.3 is 10.2 Å². The van der Waals surface area contributed by atoms with E-state index in [-0.39, 0.29) is 0 Å². The maximum Gasteiger partial charge on any atom is 0.186 e. The van der Waals surface area contributed by atoms with Gasteiger partial charge >= 0.3 is 0 Å². The number of hydrogen-bond acceptors (Lipinski definition) is 5. The fraction of sp³-hybridized carbons (Fsp3) is 0.733. The summed E-state index contributed by atoms with van der Waals surface area (Å²) < 4.78 is 6.05. The van der Waals surface area contributed by atoms with Crippen molar-refractivity contribution in [2.75, 3.05) is 12.0 Å². The number of rotatable bonds is 4. The van der Waals surface area contributed by atoms with Gasteiger partial charge in [0.1, 0.15) is 6.33 Å². The summed E-state index contributed by atoms with van der Waals surface area (Å²) in [5.41, 5.74) is 2.98. The van der Waals surface area contributed by atoms with Crippen LogP contribution in [0.4, 0.5) is 5.82 Å². The molecule has 0 amide bonds. The van der Waals surface area contributed by atoms with Crippen LogP contribution in [0.2, 0.25) is 0 Å². The molecule has 0 atom stereocenters. The number of ether oxygens (including phenoxy) is 1. The smallest absolute Gasteiger partial charge is 0.186 e. The lowest BCUT2D eigenvalue weighted by molar-refractivity contribution is -0.0745. The first-order valence-corrected chi connectivity index (χ1v) is 7.66. The zero-order valence-electron chi connectivity index (χ0n) is 11.7. The van der Waals surface area contributed by atoms with Crippen molar-refractivity contribution in [3.05, 3.63) is 12.5 Å². The Kier molecular flexibility index (Phi) is 2.84. The van der Waals surface area contributed by atoms with E-state index in [0.29, 0.717) is 17.0 Å². The van der Waals surface area contributed by atoms with Gasteiger partial charge in [-0.1, -0.05) is 0 Å². The number of nitrogens with one attached hydrogen (secondary N) is 1. The maximum atomic E-state index is 6.05. The summed E-state index contributed by atoms with van der Waals surface area (Å²) in [7, 11) is 0. The van der Waals surface area contributed by atoms with Crippen molar-refractivity contribution in [3.63, 3.8) is 0 Å². The highest BCUT2D eigenvalue weighted by Gasteiger charge is 2.51. The maximum absolute atomic E-state index is 6.05. The van der Waals surface area contributed by atoms with Crippen LogP contribution in [0.25, 0.3) is 0 Å². The Morgan fingerprint density at radius 3 is 2.45 bits per heavy atom. The molecule has 1 aromatic rings. The third kappa shape index (κ3) is 2.04. The van der Waals surface area contributed by atoms with Crippen molar-refractivity contribution in [2.45, 2.75) is 38.5 Å². The van der Waals surface area contributed by atoms with E-state index in [4.69, 9.17) is 10.6 Å². The van der Waals surface area contributed by atoms with Gasteiger partial charge in [0.25, 0.3) is 0 Å². The van der Waals surface area contributed by atoms with Crippen LogP contribution in [0.5, 0.6) is 5.75 Å². The minimum Gasteiger partial charge on any atom is -0.487 e. The van der Waals surface area contributed by atoms with Gasteiger partial charge in [-0.25, -0.2) is 15.8 Å². The molecule has 5 nitrogen and oxygen atoms in total. The number of hydrazine groups is 1. The fourth-order valence-electron chi connectivity index (χ4n) is 5.23. The molecule has 1 heterocycles. The molecule has 4 aliphatic carbocycles. The van der Waals surface area contributed by atoms with Gasteiger partial charge in [0, 0.05) is 5.41 Å². The molecule has 1 aromatic heterocycles. The average Bonchev–Trinajstić information content (AvgIpc) is 2.44. The standard InChI is InChI=1S/C15H22N4O/c16-19-14-13(7-17-9-18-14)20-8-15-4-10-1-11(5-15)3-12(2-10)6-15/h7,9-12H,1-6,8,16H2,(H,17,18,19). The molecule has 4 aliphatic rings. The number of anilines is 1. The van der Waals surface area contributed by atoms with Crippen molar-refractivity contribution < 1.29 is 4.74 Å². The number of nitrogen functional groups attached to an aromatic ring is 1. The lowest BCUT2D eigenvalue weighted by Gasteiger charge is -2.56. The van der Waals surface area contributed by atoms with Gasteiger partial charge in [-0.05, 0) is 56.3 Å². The summed E-state index contributed by atoms with van der Waals surface area (Å²) in [5, 5.41) is 0. The molecule has 0 aromatic carbocycles. The molecule has 0 saturated heterocycles. The monoisotopic (exact) mass is 274 g/mol. The fourth-order valence-corrected chi connectivity index (χ4v) is 5.23. The second kappa shape index (κ2) is 4.58. The molecule has 0 spiro atoms. The SMILES string of the molecule is NNc1ncncc1OCC12CC3CC(CC(C3)C1)C2. The van der Waals surface area contributed by atoms with Crippen LogP contribution in [0.3, 0.4) is 0 Å². The Balaban J connectivity index is 1.49. The van der Waals surface area contributed by atoms with E-state index < -0.39 is 0 Å². The summed E-state index contributed by atoms with van der Waals surface area (Å²) in [5.74, 6) is 9.56. The summed E-state index contributed by atoms with van der Waals surface area (Å²) >= 11 is 0. The first-order valence-electron chi connectivity index (χ1n) is 7.66. The molecular weight excluding hydrogens is 252 g/mol. The molecule has 5 heteroatoms. The molecular formula is C15H22N4O. The van der Waals surface area contributed by atoms with Crippen molar-refractivity contribution in [3.8, 4) is 5.75 Å². The zero-order chi connectivity index (χ0) is 13.6. The van der Waals surface area contributed by atoms with Crippen LogP contribution in [-0.2, 0) is 0 Å². The highest BCUT2D eigenvalue weighted by molar-refractivity contribution is 5.46. The van der Waals surface area contributed by atoms with E-state index >= 15 is 0 Å². The molecule has 0 radical (unpaired) electrons. The van der Waals surface area contributed by atoms with Gasteiger partial charge in [-0.2, -0.15) is 0 Å². The third-order valence-corrected chi connectivity index (χ3v) is 5.51. The van der Waals surface area contributed by atoms with E-state index in [0.717, 1.165) is 24.4 Å². The van der Waals surface area contributed by atoms with Crippen LogP contribution < -0.4 is 16.0 Å². The normalized spacial score (nSPS) is 38.0. The predicted octanol–water partition coefficient (Wildman–Crippen LogP) is 2.36. The number of nitrogens with two attached hydrogens (primary N) is 1. The molecule has 4 saturated carbocycles. The van der Waals surface area contributed by atoms with Gasteiger partial charge in [0.05, 0.1) is 12.8 Å². The lowest BCUT2D eigenvalue weighted by Crippen LogP contribution is -2.48. The van der Waals surface area contributed by atoms with E-state index in [1.54, 1.807) is 6.20 Å². The second-order valence-electron chi connectivity index (χ2n) is 7.09. The molecule has 3 N–H and O–H groups in total. The Morgan fingerprint density at radius 2 is 1.85 bits per heavy atom. The number of nitrogens with zero attached hydrogens (tertiary/aromatic N) is 2. The van der Waals surface area contributed by atoms with E-state index in [1.165, 1.54) is 44.9 Å². The Morgan fingerprint density at radius 1 is 1.20 bits per heavy atom. The van der Waals surface area contributed by atoms with Crippen molar-refractivity contribution in [1.82, 2.24) is 9.97 Å². The van der Waals surface area contributed by atoms with Gasteiger partial charge in [0.2, 0.25) is 0 Å². The summed E-state index contributed by atoms with van der Waals surface area (Å²) in [6, 6.07) is 0. The van der Waals surface area contributed by atoms with Crippen LogP contribution in [0.15, 0.2) is 12.5 Å². The van der Waals surface area contributed by atoms with Crippen LogP contribution in [0.1, 0.15) is 38.5 Å². The molecule has 108 valence electrons. The molecule has 0 unspecified atom stereocenters. The van der Waals surface area contributed by atoms with Crippen LogP contribution in [-0.4, -0.2) is 16.6 Å². The average molecular weight is 274 g/mol. The molecule has 4 fully saturated rings. The highest BCUT2D eigenvalue weighted by atomic mass is 16.5.